The Morgan fingerprint density at radius 2 is 2.05 bits per heavy atom. The van der Waals surface area contributed by atoms with E-state index >= 15 is 0 Å². The Hall–Kier alpha value is -1.93. The predicted octanol–water partition coefficient (Wildman–Crippen LogP) is 1.30. The minimum absolute atomic E-state index is 0.382. The zero-order valence-corrected chi connectivity index (χ0v) is 13.6. The molecule has 0 amide bonds. The fraction of sp³-hybridized carbons (Fsp3) is 0.429. The van der Waals surface area contributed by atoms with Gasteiger partial charge in [-0.05, 0) is 12.5 Å². The van der Waals surface area contributed by atoms with E-state index in [1.54, 1.807) is 26.4 Å². The molecule has 1 heterocycles. The Morgan fingerprint density at radius 1 is 1.27 bits per heavy atom. The van der Waals surface area contributed by atoms with Gasteiger partial charge in [-0.2, -0.15) is 0 Å². The van der Waals surface area contributed by atoms with E-state index in [1.165, 1.54) is 16.9 Å². The molecule has 0 spiro atoms. The first-order valence-electron chi connectivity index (χ1n) is 6.73. The number of sulfonamides is 1. The predicted molar refractivity (Wildman–Crippen MR) is 83.7 cm³/mol. The summed E-state index contributed by atoms with van der Waals surface area (Å²) in [6, 6.07) is 3.60. The maximum absolute atomic E-state index is 11.3. The third-order valence-electron chi connectivity index (χ3n) is 3.23. The van der Waals surface area contributed by atoms with Crippen LogP contribution in [0.1, 0.15) is 6.42 Å². The average Bonchev–Trinajstić information content (AvgIpc) is 2.49. The monoisotopic (exact) mass is 325 g/mol. The molecule has 0 aliphatic heterocycles. The van der Waals surface area contributed by atoms with Crippen LogP contribution >= 0.6 is 0 Å². The van der Waals surface area contributed by atoms with Crippen LogP contribution in [0.15, 0.2) is 24.7 Å². The SMILES string of the molecule is COc1cc2cncnc2cc1OCCCN(C)S(C)(=O)=O. The molecule has 0 saturated heterocycles. The molecule has 0 unspecified atom stereocenters. The van der Waals surface area contributed by atoms with Crippen molar-refractivity contribution in [3.05, 3.63) is 24.7 Å². The number of hydrogen-bond donors (Lipinski definition) is 0. The van der Waals surface area contributed by atoms with Crippen LogP contribution in [0.5, 0.6) is 11.5 Å². The molecule has 0 saturated carbocycles. The molecule has 1 aromatic heterocycles. The molecular weight excluding hydrogens is 306 g/mol. The first-order valence-corrected chi connectivity index (χ1v) is 8.58. The molecule has 2 aromatic rings. The Bertz CT molecular complexity index is 749. The van der Waals surface area contributed by atoms with E-state index in [0.717, 1.165) is 10.9 Å². The normalized spacial score (nSPS) is 11.8. The van der Waals surface area contributed by atoms with Crippen molar-refractivity contribution in [2.24, 2.45) is 0 Å². The number of ether oxygens (including phenoxy) is 2. The lowest BCUT2D eigenvalue weighted by Gasteiger charge is -2.15. The molecule has 0 radical (unpaired) electrons. The summed E-state index contributed by atoms with van der Waals surface area (Å²) in [5.74, 6) is 1.18. The number of fused-ring (bicyclic) bond motifs is 1. The highest BCUT2D eigenvalue weighted by molar-refractivity contribution is 7.88. The average molecular weight is 325 g/mol. The second-order valence-electron chi connectivity index (χ2n) is 4.87. The van der Waals surface area contributed by atoms with Gasteiger partial charge in [0.2, 0.25) is 10.0 Å². The van der Waals surface area contributed by atoms with Gasteiger partial charge in [0.15, 0.2) is 11.5 Å². The van der Waals surface area contributed by atoms with Crippen LogP contribution in [0, 0.1) is 0 Å². The molecule has 2 rings (SSSR count). The minimum atomic E-state index is -3.15. The molecule has 120 valence electrons. The first kappa shape index (κ1) is 16.4. The van der Waals surface area contributed by atoms with Crippen LogP contribution in [0.25, 0.3) is 10.9 Å². The summed E-state index contributed by atoms with van der Waals surface area (Å²) in [6.07, 6.45) is 4.93. The van der Waals surface area contributed by atoms with Crippen LogP contribution in [-0.2, 0) is 10.0 Å². The summed E-state index contributed by atoms with van der Waals surface area (Å²) in [4.78, 5) is 8.14. The maximum Gasteiger partial charge on any atom is 0.210 e. The maximum atomic E-state index is 11.3. The highest BCUT2D eigenvalue weighted by Gasteiger charge is 2.11. The highest BCUT2D eigenvalue weighted by Crippen LogP contribution is 2.31. The summed E-state index contributed by atoms with van der Waals surface area (Å²) >= 11 is 0. The van der Waals surface area contributed by atoms with Crippen LogP contribution in [0.2, 0.25) is 0 Å². The molecule has 0 bridgehead atoms. The van der Waals surface area contributed by atoms with Gasteiger partial charge in [-0.1, -0.05) is 0 Å². The molecule has 0 aliphatic rings. The number of aromatic nitrogens is 2. The standard InChI is InChI=1S/C14H19N3O4S/c1-17(22(3,18)19)5-4-6-21-14-8-12-11(7-13(14)20-2)9-15-10-16-12/h7-10H,4-6H2,1-3H3. The van der Waals surface area contributed by atoms with E-state index in [4.69, 9.17) is 9.47 Å². The highest BCUT2D eigenvalue weighted by atomic mass is 32.2. The summed E-state index contributed by atoms with van der Waals surface area (Å²) in [7, 11) is -0.0442. The molecule has 0 fully saturated rings. The van der Waals surface area contributed by atoms with Gasteiger partial charge in [0.05, 0.1) is 25.5 Å². The number of hydrogen-bond acceptors (Lipinski definition) is 6. The minimum Gasteiger partial charge on any atom is -0.493 e. The van der Waals surface area contributed by atoms with Crippen molar-refractivity contribution in [3.63, 3.8) is 0 Å². The number of methoxy groups -OCH3 is 1. The van der Waals surface area contributed by atoms with Gasteiger partial charge in [-0.15, -0.1) is 0 Å². The summed E-state index contributed by atoms with van der Waals surface area (Å²) in [5, 5.41) is 0.864. The van der Waals surface area contributed by atoms with E-state index in [2.05, 4.69) is 9.97 Å². The molecule has 1 aromatic carbocycles. The van der Waals surface area contributed by atoms with Gasteiger partial charge < -0.3 is 9.47 Å². The zero-order valence-electron chi connectivity index (χ0n) is 12.8. The fourth-order valence-electron chi connectivity index (χ4n) is 1.90. The van der Waals surface area contributed by atoms with Crippen molar-refractivity contribution in [2.75, 3.05) is 33.6 Å². The fourth-order valence-corrected chi connectivity index (χ4v) is 2.36. The summed E-state index contributed by atoms with van der Waals surface area (Å²) < 4.78 is 34.9. The summed E-state index contributed by atoms with van der Waals surface area (Å²) in [5.41, 5.74) is 0.763. The second-order valence-corrected chi connectivity index (χ2v) is 6.96. The first-order chi connectivity index (χ1) is 10.4. The molecule has 0 N–H and O–H groups in total. The molecule has 0 aliphatic carbocycles. The van der Waals surface area contributed by atoms with Crippen molar-refractivity contribution in [1.29, 1.82) is 0 Å². The van der Waals surface area contributed by atoms with Gasteiger partial charge in [-0.3, -0.25) is 0 Å². The van der Waals surface area contributed by atoms with E-state index in [0.29, 0.717) is 31.1 Å². The summed E-state index contributed by atoms with van der Waals surface area (Å²) in [6.45, 7) is 0.781. The number of benzene rings is 1. The van der Waals surface area contributed by atoms with Gasteiger partial charge in [-0.25, -0.2) is 22.7 Å². The molecule has 8 heteroatoms. The third kappa shape index (κ3) is 4.05. The largest absolute Gasteiger partial charge is 0.493 e. The number of rotatable bonds is 7. The molecule has 7 nitrogen and oxygen atoms in total. The molecular formula is C14H19N3O4S. The Labute approximate surface area is 129 Å². The van der Waals surface area contributed by atoms with Crippen molar-refractivity contribution in [1.82, 2.24) is 14.3 Å². The van der Waals surface area contributed by atoms with Crippen molar-refractivity contribution in [2.45, 2.75) is 6.42 Å². The van der Waals surface area contributed by atoms with Crippen LogP contribution in [-0.4, -0.2) is 56.3 Å². The van der Waals surface area contributed by atoms with Gasteiger partial charge >= 0.3 is 0 Å². The van der Waals surface area contributed by atoms with E-state index in [-0.39, 0.29) is 0 Å². The smallest absolute Gasteiger partial charge is 0.210 e. The van der Waals surface area contributed by atoms with E-state index < -0.39 is 10.0 Å². The van der Waals surface area contributed by atoms with Crippen molar-refractivity contribution in [3.8, 4) is 11.5 Å². The topological polar surface area (TPSA) is 81.6 Å². The lowest BCUT2D eigenvalue weighted by Crippen LogP contribution is -2.27. The van der Waals surface area contributed by atoms with Crippen LogP contribution in [0.4, 0.5) is 0 Å². The lowest BCUT2D eigenvalue weighted by molar-refractivity contribution is 0.280. The van der Waals surface area contributed by atoms with Crippen molar-refractivity contribution >= 4 is 20.9 Å². The lowest BCUT2D eigenvalue weighted by atomic mass is 10.2. The molecule has 0 atom stereocenters. The third-order valence-corrected chi connectivity index (χ3v) is 4.55. The zero-order chi connectivity index (χ0) is 16.2. The van der Waals surface area contributed by atoms with Gasteiger partial charge in [0.1, 0.15) is 6.33 Å². The van der Waals surface area contributed by atoms with Gasteiger partial charge in [0, 0.05) is 31.2 Å². The van der Waals surface area contributed by atoms with Crippen LogP contribution < -0.4 is 9.47 Å². The van der Waals surface area contributed by atoms with Gasteiger partial charge in [0.25, 0.3) is 0 Å². The quantitative estimate of drug-likeness (QED) is 0.714. The Balaban J connectivity index is 2.02. The number of nitrogens with zero attached hydrogens (tertiary/aromatic N) is 3. The Morgan fingerprint density at radius 3 is 2.73 bits per heavy atom. The van der Waals surface area contributed by atoms with Crippen molar-refractivity contribution < 1.29 is 17.9 Å². The van der Waals surface area contributed by atoms with E-state index in [9.17, 15) is 8.42 Å². The second kappa shape index (κ2) is 6.89. The Kier molecular flexibility index (Phi) is 5.15. The van der Waals surface area contributed by atoms with E-state index in [1.807, 2.05) is 6.07 Å². The molecule has 22 heavy (non-hydrogen) atoms. The van der Waals surface area contributed by atoms with Crippen LogP contribution in [0.3, 0.4) is 0 Å².